The van der Waals surface area contributed by atoms with Gasteiger partial charge in [0.25, 0.3) is 0 Å². The lowest BCUT2D eigenvalue weighted by Crippen LogP contribution is -2.08. The molecule has 0 N–H and O–H groups in total. The smallest absolute Gasteiger partial charge is 0.309 e. The Kier molecular flexibility index (Phi) is 6.11. The van der Waals surface area contributed by atoms with Gasteiger partial charge in [-0.2, -0.15) is 0 Å². The molecule has 0 radical (unpaired) electrons. The topological polar surface area (TPSA) is 35.5 Å². The maximum absolute atomic E-state index is 10.6. The molecule has 0 aromatic rings. The first kappa shape index (κ1) is 9.39. The monoisotopic (exact) mass is 160 g/mol. The largest absolute Gasteiger partial charge is 0.463 e. The van der Waals surface area contributed by atoms with E-state index in [1.54, 1.807) is 0 Å². The van der Waals surface area contributed by atoms with Gasteiger partial charge >= 0.3 is 5.97 Å². The first-order chi connectivity index (χ1) is 4.81. The Morgan fingerprint density at radius 1 is 1.60 bits per heavy atom. The van der Waals surface area contributed by atoms with E-state index >= 15 is 0 Å². The van der Waals surface area contributed by atoms with Crippen LogP contribution in [-0.4, -0.2) is 29.7 Å². The van der Waals surface area contributed by atoms with E-state index in [9.17, 15) is 4.79 Å². The fourth-order valence-corrected chi connectivity index (χ4v) is 0.582. The summed E-state index contributed by atoms with van der Waals surface area (Å²) in [6.45, 7) is 4.27. The van der Waals surface area contributed by atoms with Crippen LogP contribution in [0, 0.1) is 0 Å². The predicted octanol–water partition coefficient (Wildman–Crippen LogP) is -0.597. The summed E-state index contributed by atoms with van der Waals surface area (Å²) >= 11 is 0. The average molecular weight is 160 g/mol. The van der Waals surface area contributed by atoms with E-state index in [0.717, 1.165) is 0 Å². The molecule has 0 heterocycles. The van der Waals surface area contributed by atoms with Gasteiger partial charge in [0, 0.05) is 0 Å². The summed E-state index contributed by atoms with van der Waals surface area (Å²) in [7, 11) is 0.690. The molecule has 10 heavy (non-hydrogen) atoms. The molecule has 0 bridgehead atoms. The number of rotatable bonds is 5. The second-order valence-electron chi connectivity index (χ2n) is 1.71. The molecule has 0 aromatic heterocycles. The summed E-state index contributed by atoms with van der Waals surface area (Å²) in [5.41, 5.74) is 0. The Balaban J connectivity index is 3.13. The zero-order valence-corrected chi connectivity index (χ0v) is 8.13. The van der Waals surface area contributed by atoms with Crippen molar-refractivity contribution in [3.05, 3.63) is 12.7 Å². The van der Waals surface area contributed by atoms with Crippen molar-refractivity contribution in [1.82, 2.24) is 0 Å². The van der Waals surface area contributed by atoms with Crippen LogP contribution < -0.4 is 0 Å². The molecule has 0 aromatic carbocycles. The van der Waals surface area contributed by atoms with Crippen LogP contribution in [0.5, 0.6) is 0 Å². The highest BCUT2D eigenvalue weighted by molar-refractivity contribution is 5.97. The van der Waals surface area contributed by atoms with Crippen molar-refractivity contribution in [3.8, 4) is 0 Å². The van der Waals surface area contributed by atoms with Crippen molar-refractivity contribution in [3.63, 3.8) is 0 Å². The Morgan fingerprint density at radius 3 is 2.80 bits per heavy atom. The number of carbonyl (C=O) groups excluding carboxylic acids is 1. The minimum atomic E-state index is -0.242. The molecule has 0 aliphatic rings. The molecule has 58 valence electrons. The van der Waals surface area contributed by atoms with Crippen LogP contribution in [0.2, 0.25) is 0 Å². The molecule has 0 saturated carbocycles. The Bertz CT molecular complexity index is 114. The zero-order valence-electron chi connectivity index (χ0n) is 6.13. The van der Waals surface area contributed by atoms with E-state index in [1.165, 1.54) is 6.08 Å². The average Bonchev–Trinajstić information content (AvgIpc) is 1.89. The molecule has 0 saturated heterocycles. The lowest BCUT2D eigenvalue weighted by molar-refractivity contribution is -0.143. The van der Waals surface area contributed by atoms with Gasteiger partial charge < -0.3 is 9.16 Å². The minimum absolute atomic E-state index is 0.242. The number of hydrogen-bond acceptors (Lipinski definition) is 3. The van der Waals surface area contributed by atoms with E-state index in [-0.39, 0.29) is 12.4 Å². The van der Waals surface area contributed by atoms with E-state index < -0.39 is 0 Å². The summed E-state index contributed by atoms with van der Waals surface area (Å²) in [5.74, 6) is -0.242. The van der Waals surface area contributed by atoms with Gasteiger partial charge in [0.15, 0.2) is 0 Å². The van der Waals surface area contributed by atoms with Crippen molar-refractivity contribution in [1.29, 1.82) is 0 Å². The maximum atomic E-state index is 10.6. The lowest BCUT2D eigenvalue weighted by atomic mass is 10.4. The lowest BCUT2D eigenvalue weighted by Gasteiger charge is -2.00. The van der Waals surface area contributed by atoms with Gasteiger partial charge in [-0.05, 0) is 0 Å². The molecule has 0 fully saturated rings. The maximum Gasteiger partial charge on any atom is 0.309 e. The summed E-state index contributed by atoms with van der Waals surface area (Å²) in [6, 6.07) is 0. The normalized spacial score (nSPS) is 9.20. The van der Waals surface area contributed by atoms with Crippen molar-refractivity contribution < 1.29 is 14.0 Å². The first-order valence-electron chi connectivity index (χ1n) is 3.06. The number of ether oxygens (including phenoxy) is 1. The predicted molar refractivity (Wildman–Crippen MR) is 41.7 cm³/mol. The van der Waals surface area contributed by atoms with Gasteiger partial charge in [0.05, 0.1) is 13.0 Å². The summed E-state index contributed by atoms with van der Waals surface area (Å²) in [4.78, 5) is 10.6. The molecule has 0 aliphatic carbocycles. The van der Waals surface area contributed by atoms with Crippen molar-refractivity contribution in [2.24, 2.45) is 0 Å². The second kappa shape index (κ2) is 6.51. The van der Waals surface area contributed by atoms with Crippen molar-refractivity contribution >= 4 is 16.5 Å². The van der Waals surface area contributed by atoms with Crippen molar-refractivity contribution in [2.45, 2.75) is 6.42 Å². The van der Waals surface area contributed by atoms with E-state index in [4.69, 9.17) is 9.16 Å². The van der Waals surface area contributed by atoms with Gasteiger partial charge in [-0.15, -0.1) is 6.58 Å². The van der Waals surface area contributed by atoms with Crippen LogP contribution >= 0.6 is 0 Å². The van der Waals surface area contributed by atoms with E-state index in [1.807, 2.05) is 0 Å². The Labute approximate surface area is 63.6 Å². The molecule has 0 atom stereocenters. The van der Waals surface area contributed by atoms with Gasteiger partial charge in [0.2, 0.25) is 0 Å². The van der Waals surface area contributed by atoms with Crippen LogP contribution in [0.4, 0.5) is 0 Å². The standard InChI is InChI=1S/C6H12O3Si/c1-2-3-6(7)8-4-5-9-10/h2H,1,3-5H2,10H3. The highest BCUT2D eigenvalue weighted by atomic mass is 28.2. The third-order valence-corrected chi connectivity index (χ3v) is 1.27. The third kappa shape index (κ3) is 5.52. The quantitative estimate of drug-likeness (QED) is 0.233. The summed E-state index contributed by atoms with van der Waals surface area (Å²) in [5, 5.41) is 0. The summed E-state index contributed by atoms with van der Waals surface area (Å²) < 4.78 is 9.52. The Morgan fingerprint density at radius 2 is 2.30 bits per heavy atom. The molecular formula is C6H12O3Si. The van der Waals surface area contributed by atoms with Crippen LogP contribution in [0.3, 0.4) is 0 Å². The molecule has 0 amide bonds. The van der Waals surface area contributed by atoms with E-state index in [0.29, 0.717) is 23.7 Å². The molecule has 0 aliphatic heterocycles. The third-order valence-electron chi connectivity index (χ3n) is 0.862. The van der Waals surface area contributed by atoms with Gasteiger partial charge in [0.1, 0.15) is 17.1 Å². The number of carbonyl (C=O) groups is 1. The minimum Gasteiger partial charge on any atom is -0.463 e. The van der Waals surface area contributed by atoms with Crippen LogP contribution in [0.25, 0.3) is 0 Å². The highest BCUT2D eigenvalue weighted by Crippen LogP contribution is 1.85. The van der Waals surface area contributed by atoms with Crippen LogP contribution in [-0.2, 0) is 14.0 Å². The van der Waals surface area contributed by atoms with Crippen LogP contribution in [0.1, 0.15) is 6.42 Å². The van der Waals surface area contributed by atoms with E-state index in [2.05, 4.69) is 6.58 Å². The SMILES string of the molecule is C=CCC(=O)OCCO[SiH3]. The zero-order chi connectivity index (χ0) is 7.82. The number of esters is 1. The fourth-order valence-electron chi connectivity index (χ4n) is 0.416. The first-order valence-corrected chi connectivity index (χ1v) is 3.88. The number of hydrogen-bond donors (Lipinski definition) is 0. The summed E-state index contributed by atoms with van der Waals surface area (Å²) in [6.07, 6.45) is 1.80. The van der Waals surface area contributed by atoms with Gasteiger partial charge in [-0.1, -0.05) is 6.08 Å². The molecule has 0 rings (SSSR count). The molecule has 4 heteroatoms. The van der Waals surface area contributed by atoms with Gasteiger partial charge in [-0.25, -0.2) is 0 Å². The fraction of sp³-hybridized carbons (Fsp3) is 0.500. The molecule has 0 spiro atoms. The highest BCUT2D eigenvalue weighted by Gasteiger charge is 1.96. The molecule has 0 unspecified atom stereocenters. The van der Waals surface area contributed by atoms with Crippen molar-refractivity contribution in [2.75, 3.05) is 13.2 Å². The Hall–Kier alpha value is -0.613. The molecular weight excluding hydrogens is 148 g/mol. The molecule has 3 nitrogen and oxygen atoms in total. The second-order valence-corrected chi connectivity index (χ2v) is 2.28. The van der Waals surface area contributed by atoms with Gasteiger partial charge in [-0.3, -0.25) is 4.79 Å². The van der Waals surface area contributed by atoms with Crippen LogP contribution in [0.15, 0.2) is 12.7 Å².